The summed E-state index contributed by atoms with van der Waals surface area (Å²) in [7, 11) is -1.13. The van der Waals surface area contributed by atoms with Gasteiger partial charge in [0.25, 0.3) is 0 Å². The fraction of sp³-hybridized carbons (Fsp3) is 0.630. The van der Waals surface area contributed by atoms with Gasteiger partial charge in [0.15, 0.2) is 0 Å². The Kier molecular flexibility index (Phi) is 9.68. The molecule has 0 unspecified atom stereocenters. The first-order valence-electron chi connectivity index (χ1n) is 13.2. The van der Waals surface area contributed by atoms with Crippen molar-refractivity contribution in [2.45, 2.75) is 70.5 Å². The molecule has 2 aliphatic rings. The SMILES string of the molecule is COC[C@@H](C)NC1CCC(Nc2cc(-c3cccc(NCC4(C)CCS(=O)(=O)CC4)n3)c(I)cn2)CC1. The van der Waals surface area contributed by atoms with Gasteiger partial charge in [0.2, 0.25) is 0 Å². The van der Waals surface area contributed by atoms with Gasteiger partial charge in [-0.25, -0.2) is 18.4 Å². The van der Waals surface area contributed by atoms with Crippen molar-refractivity contribution in [2.75, 3.05) is 42.4 Å². The number of hydrogen-bond donors (Lipinski definition) is 3. The Morgan fingerprint density at radius 3 is 2.54 bits per heavy atom. The van der Waals surface area contributed by atoms with Gasteiger partial charge in [0.1, 0.15) is 21.5 Å². The number of methoxy groups -OCH3 is 1. The Balaban J connectivity index is 1.36. The lowest BCUT2D eigenvalue weighted by Crippen LogP contribution is -2.42. The summed E-state index contributed by atoms with van der Waals surface area (Å²) >= 11 is 2.32. The molecule has 0 amide bonds. The summed E-state index contributed by atoms with van der Waals surface area (Å²) in [6.07, 6.45) is 7.78. The highest BCUT2D eigenvalue weighted by Gasteiger charge is 2.33. The molecule has 10 heteroatoms. The minimum atomic E-state index is -2.87. The van der Waals surface area contributed by atoms with Crippen LogP contribution in [-0.2, 0) is 14.6 Å². The van der Waals surface area contributed by atoms with E-state index >= 15 is 0 Å². The van der Waals surface area contributed by atoms with Crippen molar-refractivity contribution in [1.29, 1.82) is 0 Å². The molecule has 2 aromatic rings. The van der Waals surface area contributed by atoms with Gasteiger partial charge in [-0.2, -0.15) is 0 Å². The summed E-state index contributed by atoms with van der Waals surface area (Å²) in [4.78, 5) is 9.53. The number of rotatable bonds is 10. The Morgan fingerprint density at radius 2 is 1.84 bits per heavy atom. The summed E-state index contributed by atoms with van der Waals surface area (Å²) in [5.74, 6) is 2.24. The highest BCUT2D eigenvalue weighted by atomic mass is 127. The molecule has 8 nitrogen and oxygen atoms in total. The molecule has 1 aliphatic carbocycles. The van der Waals surface area contributed by atoms with Gasteiger partial charge < -0.3 is 20.7 Å². The normalized spacial score (nSPS) is 23.8. The summed E-state index contributed by atoms with van der Waals surface area (Å²) in [6, 6.07) is 9.45. The van der Waals surface area contributed by atoms with Crippen LogP contribution in [0, 0.1) is 8.99 Å². The number of nitrogens with one attached hydrogen (secondary N) is 3. The number of sulfone groups is 1. The minimum absolute atomic E-state index is 0.0402. The van der Waals surface area contributed by atoms with Gasteiger partial charge >= 0.3 is 0 Å². The van der Waals surface area contributed by atoms with Crippen molar-refractivity contribution in [3.05, 3.63) is 34.0 Å². The third-order valence-corrected chi connectivity index (χ3v) is 10.1. The van der Waals surface area contributed by atoms with Crippen LogP contribution in [0.1, 0.15) is 52.4 Å². The van der Waals surface area contributed by atoms with E-state index in [4.69, 9.17) is 9.72 Å². The highest BCUT2D eigenvalue weighted by Crippen LogP contribution is 2.33. The third kappa shape index (κ3) is 8.24. The zero-order valence-corrected chi connectivity index (χ0v) is 25.1. The van der Waals surface area contributed by atoms with Gasteiger partial charge in [-0.3, -0.25) is 0 Å². The van der Waals surface area contributed by atoms with Crippen LogP contribution in [0.2, 0.25) is 0 Å². The van der Waals surface area contributed by atoms with Crippen molar-refractivity contribution < 1.29 is 13.2 Å². The van der Waals surface area contributed by atoms with Gasteiger partial charge in [-0.05, 0) is 91.7 Å². The molecule has 3 heterocycles. The monoisotopic (exact) mass is 641 g/mol. The largest absolute Gasteiger partial charge is 0.383 e. The lowest BCUT2D eigenvalue weighted by molar-refractivity contribution is 0.161. The smallest absolute Gasteiger partial charge is 0.150 e. The molecule has 4 rings (SSSR count). The molecule has 0 aromatic carbocycles. The average molecular weight is 642 g/mol. The lowest BCUT2D eigenvalue weighted by atomic mass is 9.84. The van der Waals surface area contributed by atoms with Crippen LogP contribution in [0.15, 0.2) is 30.5 Å². The molecule has 0 radical (unpaired) electrons. The van der Waals surface area contributed by atoms with E-state index in [-0.39, 0.29) is 16.9 Å². The molecule has 0 spiro atoms. The molecular formula is C27H40IN5O3S. The highest BCUT2D eigenvalue weighted by molar-refractivity contribution is 14.1. The quantitative estimate of drug-likeness (QED) is 0.320. The first kappa shape index (κ1) is 28.5. The van der Waals surface area contributed by atoms with Crippen molar-refractivity contribution in [3.63, 3.8) is 0 Å². The van der Waals surface area contributed by atoms with Crippen LogP contribution >= 0.6 is 22.6 Å². The predicted octanol–water partition coefficient (Wildman–Crippen LogP) is 4.72. The number of nitrogens with zero attached hydrogens (tertiary/aromatic N) is 2. The second-order valence-corrected chi connectivity index (χ2v) is 14.5. The summed E-state index contributed by atoms with van der Waals surface area (Å²) in [5.41, 5.74) is 1.92. The van der Waals surface area contributed by atoms with Crippen molar-refractivity contribution >= 4 is 44.1 Å². The molecule has 3 N–H and O–H groups in total. The number of hydrogen-bond acceptors (Lipinski definition) is 8. The standard InChI is InChI=1S/C27H40IN5O3S/c1-19(17-36-3)31-20-7-9-21(10-8-20)32-26-15-22(23(28)16-29-26)24-5-4-6-25(33-24)30-18-27(2)11-13-37(34,35)14-12-27/h4-6,15-16,19-21,31H,7-14,17-18H2,1-3H3,(H,29,32)(H,30,33)/t19-,20?,21?/m1/s1. The van der Waals surface area contributed by atoms with Crippen molar-refractivity contribution in [3.8, 4) is 11.3 Å². The van der Waals surface area contributed by atoms with E-state index in [1.165, 1.54) is 0 Å². The van der Waals surface area contributed by atoms with Crippen LogP contribution in [0.4, 0.5) is 11.6 Å². The van der Waals surface area contributed by atoms with Crippen LogP contribution in [0.3, 0.4) is 0 Å². The first-order valence-corrected chi connectivity index (χ1v) is 16.1. The molecular weight excluding hydrogens is 601 g/mol. The fourth-order valence-corrected chi connectivity index (χ4v) is 7.61. The zero-order valence-electron chi connectivity index (χ0n) is 22.1. The molecule has 1 saturated carbocycles. The second-order valence-electron chi connectivity index (χ2n) is 11.0. The predicted molar refractivity (Wildman–Crippen MR) is 159 cm³/mol. The summed E-state index contributed by atoms with van der Waals surface area (Å²) in [6.45, 7) is 5.78. The average Bonchev–Trinajstić information content (AvgIpc) is 2.88. The van der Waals surface area contributed by atoms with E-state index in [0.717, 1.165) is 58.8 Å². The Labute approximate surface area is 235 Å². The van der Waals surface area contributed by atoms with Crippen LogP contribution in [-0.4, -0.2) is 68.3 Å². The summed E-state index contributed by atoms with van der Waals surface area (Å²) in [5, 5.41) is 10.8. The molecule has 0 bridgehead atoms. The van der Waals surface area contributed by atoms with Gasteiger partial charge in [-0.15, -0.1) is 0 Å². The van der Waals surface area contributed by atoms with Gasteiger partial charge in [0.05, 0.1) is 23.8 Å². The molecule has 204 valence electrons. The van der Waals surface area contributed by atoms with E-state index in [0.29, 0.717) is 37.5 Å². The lowest BCUT2D eigenvalue weighted by Gasteiger charge is -2.33. The molecule has 2 fully saturated rings. The van der Waals surface area contributed by atoms with E-state index in [1.807, 2.05) is 24.4 Å². The Morgan fingerprint density at radius 1 is 1.14 bits per heavy atom. The fourth-order valence-electron chi connectivity index (χ4n) is 5.22. The molecule has 1 atom stereocenters. The Bertz CT molecular complexity index is 1140. The third-order valence-electron chi connectivity index (χ3n) is 7.63. The molecule has 1 saturated heterocycles. The number of halogens is 1. The number of anilines is 2. The molecule has 37 heavy (non-hydrogen) atoms. The van der Waals surface area contributed by atoms with Crippen molar-refractivity contribution in [2.24, 2.45) is 5.41 Å². The van der Waals surface area contributed by atoms with Crippen LogP contribution < -0.4 is 16.0 Å². The number of pyridine rings is 2. The number of aromatic nitrogens is 2. The maximum atomic E-state index is 11.8. The topological polar surface area (TPSA) is 105 Å². The van der Waals surface area contributed by atoms with Crippen LogP contribution in [0.5, 0.6) is 0 Å². The van der Waals surface area contributed by atoms with Gasteiger partial charge in [0, 0.05) is 47.1 Å². The first-order chi connectivity index (χ1) is 17.6. The second kappa shape index (κ2) is 12.6. The molecule has 2 aromatic heterocycles. The van der Waals surface area contributed by atoms with E-state index in [2.05, 4.69) is 63.4 Å². The van der Waals surface area contributed by atoms with Crippen molar-refractivity contribution in [1.82, 2.24) is 15.3 Å². The maximum absolute atomic E-state index is 11.8. The van der Waals surface area contributed by atoms with Gasteiger partial charge in [-0.1, -0.05) is 13.0 Å². The Hall–Kier alpha value is -1.50. The zero-order chi connectivity index (χ0) is 26.5. The van der Waals surface area contributed by atoms with E-state index in [9.17, 15) is 8.42 Å². The summed E-state index contributed by atoms with van der Waals surface area (Å²) < 4.78 is 29.9. The minimum Gasteiger partial charge on any atom is -0.383 e. The number of ether oxygens (including phenoxy) is 1. The van der Waals surface area contributed by atoms with E-state index in [1.54, 1.807) is 7.11 Å². The van der Waals surface area contributed by atoms with E-state index < -0.39 is 9.84 Å². The molecule has 1 aliphatic heterocycles. The van der Waals surface area contributed by atoms with Crippen LogP contribution in [0.25, 0.3) is 11.3 Å². The maximum Gasteiger partial charge on any atom is 0.150 e.